The van der Waals surface area contributed by atoms with Gasteiger partial charge in [0.05, 0.1) is 18.2 Å². The van der Waals surface area contributed by atoms with Crippen LogP contribution in [0.5, 0.6) is 0 Å². The zero-order valence-electron chi connectivity index (χ0n) is 10.3. The van der Waals surface area contributed by atoms with Gasteiger partial charge in [0.1, 0.15) is 4.90 Å². The van der Waals surface area contributed by atoms with Gasteiger partial charge in [-0.15, -0.1) is 0 Å². The van der Waals surface area contributed by atoms with E-state index in [4.69, 9.17) is 21.1 Å². The number of hydrogen-bond acceptors (Lipinski definition) is 4. The lowest BCUT2D eigenvalue weighted by Crippen LogP contribution is -2.31. The maximum Gasteiger partial charge on any atom is 0.242 e. The monoisotopic (exact) mass is 305 g/mol. The van der Waals surface area contributed by atoms with Crippen LogP contribution >= 0.6 is 11.6 Å². The molecule has 1 aromatic rings. The van der Waals surface area contributed by atoms with E-state index >= 15 is 0 Å². The Hall–Kier alpha value is -0.660. The summed E-state index contributed by atoms with van der Waals surface area (Å²) in [6, 6.07) is 6.33. The number of ether oxygens (including phenoxy) is 2. The topological polar surface area (TPSA) is 64.6 Å². The van der Waals surface area contributed by atoms with E-state index in [9.17, 15) is 8.42 Å². The number of rotatable bonds is 5. The van der Waals surface area contributed by atoms with E-state index in [1.807, 2.05) is 0 Å². The number of nitrogens with one attached hydrogen (secondary N) is 1. The van der Waals surface area contributed by atoms with Crippen LogP contribution in [0.25, 0.3) is 0 Å². The van der Waals surface area contributed by atoms with Crippen LogP contribution in [0.2, 0.25) is 5.02 Å². The van der Waals surface area contributed by atoms with Crippen LogP contribution < -0.4 is 4.72 Å². The molecule has 0 amide bonds. The average molecular weight is 306 g/mol. The number of benzene rings is 1. The van der Waals surface area contributed by atoms with Gasteiger partial charge in [-0.25, -0.2) is 13.1 Å². The van der Waals surface area contributed by atoms with Gasteiger partial charge in [0.25, 0.3) is 0 Å². The van der Waals surface area contributed by atoms with Gasteiger partial charge in [0.2, 0.25) is 10.0 Å². The second-order valence-electron chi connectivity index (χ2n) is 4.14. The summed E-state index contributed by atoms with van der Waals surface area (Å²) in [6.07, 6.45) is 1.02. The highest BCUT2D eigenvalue weighted by molar-refractivity contribution is 7.89. The lowest BCUT2D eigenvalue weighted by molar-refractivity contribution is -0.180. The molecule has 0 atom stereocenters. The molecule has 0 unspecified atom stereocenters. The van der Waals surface area contributed by atoms with Crippen molar-refractivity contribution < 1.29 is 17.9 Å². The molecule has 0 bridgehead atoms. The molecule has 0 saturated carbocycles. The first kappa shape index (κ1) is 14.7. The minimum absolute atomic E-state index is 0.0853. The Kier molecular flexibility index (Phi) is 5.18. The maximum atomic E-state index is 12.0. The van der Waals surface area contributed by atoms with Gasteiger partial charge in [0.15, 0.2) is 6.29 Å². The van der Waals surface area contributed by atoms with Gasteiger partial charge in [-0.2, -0.15) is 0 Å². The van der Waals surface area contributed by atoms with E-state index < -0.39 is 10.0 Å². The molecule has 7 heteroatoms. The molecule has 1 aliphatic rings. The lowest BCUT2D eigenvalue weighted by Gasteiger charge is -2.23. The summed E-state index contributed by atoms with van der Waals surface area (Å²) in [5.41, 5.74) is 0. The average Bonchev–Trinajstić information content (AvgIpc) is 2.40. The van der Waals surface area contributed by atoms with Crippen LogP contribution in [-0.4, -0.2) is 34.5 Å². The standard InChI is InChI=1S/C12H16ClNO4S/c13-10-4-1-2-5-11(10)19(15,16)14-7-6-12-17-8-3-9-18-12/h1-2,4-5,12,14H,3,6-9H2. The van der Waals surface area contributed by atoms with Crippen LogP contribution in [0, 0.1) is 0 Å². The molecule has 2 rings (SSSR count). The first-order valence-electron chi connectivity index (χ1n) is 6.07. The molecule has 5 nitrogen and oxygen atoms in total. The van der Waals surface area contributed by atoms with Crippen molar-refractivity contribution in [3.63, 3.8) is 0 Å². The molecule has 106 valence electrons. The second-order valence-corrected chi connectivity index (χ2v) is 6.28. The predicted molar refractivity (Wildman–Crippen MR) is 71.6 cm³/mol. The molecule has 1 fully saturated rings. The molecule has 1 heterocycles. The van der Waals surface area contributed by atoms with Crippen molar-refractivity contribution in [2.45, 2.75) is 24.0 Å². The molecule has 0 aromatic heterocycles. The Morgan fingerprint density at radius 1 is 1.26 bits per heavy atom. The zero-order valence-corrected chi connectivity index (χ0v) is 11.9. The molecular weight excluding hydrogens is 290 g/mol. The highest BCUT2D eigenvalue weighted by Gasteiger charge is 2.19. The van der Waals surface area contributed by atoms with E-state index in [-0.39, 0.29) is 22.8 Å². The third-order valence-corrected chi connectivity index (χ3v) is 4.66. The molecule has 0 spiro atoms. The zero-order chi connectivity index (χ0) is 13.7. The minimum Gasteiger partial charge on any atom is -0.353 e. The number of hydrogen-bond donors (Lipinski definition) is 1. The van der Waals surface area contributed by atoms with Gasteiger partial charge in [-0.1, -0.05) is 23.7 Å². The van der Waals surface area contributed by atoms with Crippen molar-refractivity contribution in [2.24, 2.45) is 0 Å². The molecule has 0 radical (unpaired) electrons. The molecule has 1 saturated heterocycles. The number of halogens is 1. The molecule has 1 N–H and O–H groups in total. The predicted octanol–water partition coefficient (Wildman–Crippen LogP) is 1.77. The van der Waals surface area contributed by atoms with E-state index in [1.54, 1.807) is 18.2 Å². The lowest BCUT2D eigenvalue weighted by atomic mass is 10.4. The van der Waals surface area contributed by atoms with Crippen LogP contribution in [0.4, 0.5) is 0 Å². The van der Waals surface area contributed by atoms with Crippen molar-refractivity contribution in [1.29, 1.82) is 0 Å². The summed E-state index contributed by atoms with van der Waals surface area (Å²) in [4.78, 5) is 0.0853. The Balaban J connectivity index is 1.89. The Morgan fingerprint density at radius 2 is 1.95 bits per heavy atom. The molecule has 1 aromatic carbocycles. The van der Waals surface area contributed by atoms with Gasteiger partial charge >= 0.3 is 0 Å². The summed E-state index contributed by atoms with van der Waals surface area (Å²) in [5.74, 6) is 0. The largest absolute Gasteiger partial charge is 0.353 e. The highest BCUT2D eigenvalue weighted by Crippen LogP contribution is 2.20. The van der Waals surface area contributed by atoms with Crippen molar-refractivity contribution >= 4 is 21.6 Å². The van der Waals surface area contributed by atoms with Crippen LogP contribution in [0.15, 0.2) is 29.2 Å². The fourth-order valence-corrected chi connectivity index (χ4v) is 3.32. The van der Waals surface area contributed by atoms with Crippen molar-refractivity contribution in [3.05, 3.63) is 29.3 Å². The Labute approximate surface area is 117 Å². The second kappa shape index (κ2) is 6.67. The third-order valence-electron chi connectivity index (χ3n) is 2.69. The van der Waals surface area contributed by atoms with Crippen molar-refractivity contribution in [2.75, 3.05) is 19.8 Å². The molecule has 1 aliphatic heterocycles. The smallest absolute Gasteiger partial charge is 0.242 e. The maximum absolute atomic E-state index is 12.0. The van der Waals surface area contributed by atoms with E-state index in [2.05, 4.69) is 4.72 Å². The molecule has 0 aliphatic carbocycles. The Bertz CT molecular complexity index is 514. The summed E-state index contributed by atoms with van der Waals surface area (Å²) in [7, 11) is -3.58. The summed E-state index contributed by atoms with van der Waals surface area (Å²) < 4.78 is 37.2. The van der Waals surface area contributed by atoms with Crippen molar-refractivity contribution in [1.82, 2.24) is 4.72 Å². The van der Waals surface area contributed by atoms with Gasteiger partial charge in [-0.05, 0) is 18.6 Å². The first-order chi connectivity index (χ1) is 9.09. The van der Waals surface area contributed by atoms with Gasteiger partial charge < -0.3 is 9.47 Å². The normalized spacial score (nSPS) is 17.5. The molecular formula is C12H16ClNO4S. The molecule has 19 heavy (non-hydrogen) atoms. The van der Waals surface area contributed by atoms with E-state index in [0.717, 1.165) is 6.42 Å². The van der Waals surface area contributed by atoms with Gasteiger partial charge in [-0.3, -0.25) is 0 Å². The van der Waals surface area contributed by atoms with E-state index in [1.165, 1.54) is 6.07 Å². The summed E-state index contributed by atoms with van der Waals surface area (Å²) >= 11 is 5.87. The van der Waals surface area contributed by atoms with Gasteiger partial charge in [0, 0.05) is 13.0 Å². The van der Waals surface area contributed by atoms with Crippen LogP contribution in [-0.2, 0) is 19.5 Å². The fraction of sp³-hybridized carbons (Fsp3) is 0.500. The van der Waals surface area contributed by atoms with E-state index in [0.29, 0.717) is 19.6 Å². The first-order valence-corrected chi connectivity index (χ1v) is 7.93. The van der Waals surface area contributed by atoms with Crippen LogP contribution in [0.1, 0.15) is 12.8 Å². The quantitative estimate of drug-likeness (QED) is 0.900. The summed E-state index contributed by atoms with van der Waals surface area (Å²) in [6.45, 7) is 1.56. The van der Waals surface area contributed by atoms with Crippen molar-refractivity contribution in [3.8, 4) is 0 Å². The minimum atomic E-state index is -3.58. The summed E-state index contributed by atoms with van der Waals surface area (Å²) in [5, 5.41) is 0.208. The van der Waals surface area contributed by atoms with Crippen LogP contribution in [0.3, 0.4) is 0 Å². The third kappa shape index (κ3) is 4.15. The SMILES string of the molecule is O=S(=O)(NCCC1OCCCO1)c1ccccc1Cl. The number of sulfonamides is 1. The highest BCUT2D eigenvalue weighted by atomic mass is 35.5. The fourth-order valence-electron chi connectivity index (χ4n) is 1.75. The Morgan fingerprint density at radius 3 is 2.63 bits per heavy atom.